The van der Waals surface area contributed by atoms with Crippen LogP contribution in [0.15, 0.2) is 24.4 Å². The lowest BCUT2D eigenvalue weighted by Crippen LogP contribution is -2.14. The summed E-state index contributed by atoms with van der Waals surface area (Å²) in [5.41, 5.74) is 13.4. The molecule has 1 aromatic heterocycles. The van der Waals surface area contributed by atoms with Gasteiger partial charge in [0, 0.05) is 6.54 Å². The molecular weight excluding hydrogens is 271 g/mol. The number of carbonyl (C=O) groups is 1. The van der Waals surface area contributed by atoms with E-state index < -0.39 is 5.91 Å². The zero-order chi connectivity index (χ0) is 15.6. The summed E-state index contributed by atoms with van der Waals surface area (Å²) in [7, 11) is 0. The third kappa shape index (κ3) is 3.28. The van der Waals surface area contributed by atoms with E-state index in [2.05, 4.69) is 10.3 Å². The van der Waals surface area contributed by atoms with Crippen LogP contribution in [0.2, 0.25) is 0 Å². The molecule has 21 heavy (non-hydrogen) atoms. The first kappa shape index (κ1) is 14.8. The Morgan fingerprint density at radius 2 is 1.90 bits per heavy atom. The first-order valence-electron chi connectivity index (χ1n) is 6.43. The number of hydrogen-bond acceptors (Lipinski definition) is 4. The van der Waals surface area contributed by atoms with E-state index in [-0.39, 0.29) is 17.1 Å². The highest BCUT2D eigenvalue weighted by Crippen LogP contribution is 2.17. The van der Waals surface area contributed by atoms with Gasteiger partial charge in [-0.2, -0.15) is 0 Å². The second kappa shape index (κ2) is 5.78. The third-order valence-corrected chi connectivity index (χ3v) is 3.17. The number of carbonyl (C=O) groups excluding carboxylic acids is 1. The minimum absolute atomic E-state index is 0.194. The van der Waals surface area contributed by atoms with Gasteiger partial charge in [0.15, 0.2) is 0 Å². The van der Waals surface area contributed by atoms with Gasteiger partial charge in [-0.25, -0.2) is 9.37 Å². The van der Waals surface area contributed by atoms with Gasteiger partial charge in [0.25, 0.3) is 5.91 Å². The van der Waals surface area contributed by atoms with Crippen LogP contribution in [-0.4, -0.2) is 10.9 Å². The molecule has 110 valence electrons. The Morgan fingerprint density at radius 3 is 2.48 bits per heavy atom. The number of nitrogens with zero attached hydrogens (tertiary/aromatic N) is 1. The summed E-state index contributed by atoms with van der Waals surface area (Å²) in [5, 5.41) is 3.06. The maximum absolute atomic E-state index is 13.6. The van der Waals surface area contributed by atoms with Gasteiger partial charge >= 0.3 is 0 Å². The molecule has 0 saturated carbocycles. The quantitative estimate of drug-likeness (QED) is 0.803. The molecule has 1 aromatic carbocycles. The first-order chi connectivity index (χ1) is 9.88. The van der Waals surface area contributed by atoms with Gasteiger partial charge in [0.2, 0.25) is 0 Å². The molecular formula is C15H17FN4O. The van der Waals surface area contributed by atoms with Crippen molar-refractivity contribution in [2.24, 2.45) is 5.73 Å². The lowest BCUT2D eigenvalue weighted by Gasteiger charge is -2.10. The standard InChI is InChI=1S/C15H17FN4O/c1-8-3-10(4-9(2)14(8)16)6-19-13-5-11(15(18)21)12(17)7-20-13/h3-5,7H,6,17H2,1-2H3,(H2,18,21)(H,19,20). The second-order valence-corrected chi connectivity index (χ2v) is 4.92. The number of aryl methyl sites for hydroxylation is 2. The van der Waals surface area contributed by atoms with Crippen LogP contribution < -0.4 is 16.8 Å². The largest absolute Gasteiger partial charge is 0.397 e. The second-order valence-electron chi connectivity index (χ2n) is 4.92. The number of amides is 1. The molecule has 0 saturated heterocycles. The average Bonchev–Trinajstić information content (AvgIpc) is 2.43. The Kier molecular flexibility index (Phi) is 4.07. The normalized spacial score (nSPS) is 10.4. The van der Waals surface area contributed by atoms with E-state index in [1.54, 1.807) is 26.0 Å². The number of anilines is 2. The van der Waals surface area contributed by atoms with E-state index in [1.165, 1.54) is 12.3 Å². The molecule has 0 aliphatic rings. The summed E-state index contributed by atoms with van der Waals surface area (Å²) >= 11 is 0. The number of nitrogens with two attached hydrogens (primary N) is 2. The van der Waals surface area contributed by atoms with Crippen molar-refractivity contribution in [3.63, 3.8) is 0 Å². The summed E-state index contributed by atoms with van der Waals surface area (Å²) in [6.45, 7) is 3.90. The molecule has 6 heteroatoms. The van der Waals surface area contributed by atoms with Crippen molar-refractivity contribution in [1.82, 2.24) is 4.98 Å². The molecule has 5 nitrogen and oxygen atoms in total. The minimum atomic E-state index is -0.605. The number of benzene rings is 1. The molecule has 2 aromatic rings. The fourth-order valence-electron chi connectivity index (χ4n) is 2.11. The molecule has 0 fully saturated rings. The number of pyridine rings is 1. The van der Waals surface area contributed by atoms with E-state index >= 15 is 0 Å². The van der Waals surface area contributed by atoms with Crippen LogP contribution in [0.4, 0.5) is 15.9 Å². The highest BCUT2D eigenvalue weighted by Gasteiger charge is 2.08. The van der Waals surface area contributed by atoms with Gasteiger partial charge in [-0.3, -0.25) is 4.79 Å². The number of primary amides is 1. The summed E-state index contributed by atoms with van der Waals surface area (Å²) in [6.07, 6.45) is 1.38. The van der Waals surface area contributed by atoms with Crippen LogP contribution in [0.1, 0.15) is 27.0 Å². The molecule has 0 spiro atoms. The van der Waals surface area contributed by atoms with Crippen LogP contribution in [0.5, 0.6) is 0 Å². The topological polar surface area (TPSA) is 94.0 Å². The van der Waals surface area contributed by atoms with Crippen molar-refractivity contribution in [2.45, 2.75) is 20.4 Å². The van der Waals surface area contributed by atoms with Crippen molar-refractivity contribution in [2.75, 3.05) is 11.1 Å². The molecule has 0 radical (unpaired) electrons. The van der Waals surface area contributed by atoms with Crippen LogP contribution in [0.25, 0.3) is 0 Å². The Labute approximate surface area is 122 Å². The van der Waals surface area contributed by atoms with Gasteiger partial charge < -0.3 is 16.8 Å². The highest BCUT2D eigenvalue weighted by molar-refractivity contribution is 5.98. The molecule has 0 aliphatic heterocycles. The van der Waals surface area contributed by atoms with Crippen LogP contribution >= 0.6 is 0 Å². The minimum Gasteiger partial charge on any atom is -0.397 e. The average molecular weight is 288 g/mol. The van der Waals surface area contributed by atoms with Gasteiger partial charge in [-0.1, -0.05) is 12.1 Å². The summed E-state index contributed by atoms with van der Waals surface area (Å²) in [6, 6.07) is 5.03. The number of hydrogen-bond donors (Lipinski definition) is 3. The summed E-state index contributed by atoms with van der Waals surface area (Å²) in [4.78, 5) is 15.3. The Morgan fingerprint density at radius 1 is 1.29 bits per heavy atom. The summed E-state index contributed by atoms with van der Waals surface area (Å²) < 4.78 is 13.6. The zero-order valence-corrected chi connectivity index (χ0v) is 11.9. The maximum atomic E-state index is 13.6. The van der Waals surface area contributed by atoms with Crippen molar-refractivity contribution in [1.29, 1.82) is 0 Å². The Hall–Kier alpha value is -2.63. The molecule has 1 heterocycles. The van der Waals surface area contributed by atoms with Crippen molar-refractivity contribution >= 4 is 17.4 Å². The van der Waals surface area contributed by atoms with Gasteiger partial charge in [0.05, 0.1) is 17.4 Å². The monoisotopic (exact) mass is 288 g/mol. The molecule has 1 amide bonds. The third-order valence-electron chi connectivity index (χ3n) is 3.17. The molecule has 2 rings (SSSR count). The smallest absolute Gasteiger partial charge is 0.250 e. The van der Waals surface area contributed by atoms with Crippen molar-refractivity contribution < 1.29 is 9.18 Å². The predicted molar refractivity (Wildman–Crippen MR) is 80.4 cm³/mol. The van der Waals surface area contributed by atoms with E-state index in [0.717, 1.165) is 5.56 Å². The zero-order valence-electron chi connectivity index (χ0n) is 11.9. The van der Waals surface area contributed by atoms with Crippen LogP contribution in [-0.2, 0) is 6.54 Å². The number of rotatable bonds is 4. The maximum Gasteiger partial charge on any atom is 0.250 e. The van der Waals surface area contributed by atoms with Gasteiger partial charge in [-0.15, -0.1) is 0 Å². The molecule has 0 aliphatic carbocycles. The van der Waals surface area contributed by atoms with E-state index in [9.17, 15) is 9.18 Å². The van der Waals surface area contributed by atoms with Crippen molar-refractivity contribution in [3.8, 4) is 0 Å². The number of aromatic nitrogens is 1. The molecule has 0 atom stereocenters. The highest BCUT2D eigenvalue weighted by atomic mass is 19.1. The summed E-state index contributed by atoms with van der Waals surface area (Å²) in [5.74, 6) is -0.315. The lowest BCUT2D eigenvalue weighted by atomic mass is 10.1. The molecule has 0 bridgehead atoms. The van der Waals surface area contributed by atoms with Crippen molar-refractivity contribution in [3.05, 3.63) is 52.5 Å². The fraction of sp³-hybridized carbons (Fsp3) is 0.200. The van der Waals surface area contributed by atoms with E-state index in [0.29, 0.717) is 23.5 Å². The molecule has 0 unspecified atom stereocenters. The number of halogens is 1. The fourth-order valence-corrected chi connectivity index (χ4v) is 2.11. The number of nitrogens with one attached hydrogen (secondary N) is 1. The number of nitrogen functional groups attached to an aromatic ring is 1. The van der Waals surface area contributed by atoms with Crippen LogP contribution in [0.3, 0.4) is 0 Å². The van der Waals surface area contributed by atoms with E-state index in [4.69, 9.17) is 11.5 Å². The Balaban J connectivity index is 2.17. The lowest BCUT2D eigenvalue weighted by molar-refractivity contribution is 0.100. The Bertz CT molecular complexity index is 677. The van der Waals surface area contributed by atoms with Crippen LogP contribution in [0, 0.1) is 19.7 Å². The van der Waals surface area contributed by atoms with Gasteiger partial charge in [0.1, 0.15) is 11.6 Å². The van der Waals surface area contributed by atoms with E-state index in [1.807, 2.05) is 0 Å². The molecule has 5 N–H and O–H groups in total. The first-order valence-corrected chi connectivity index (χ1v) is 6.43. The van der Waals surface area contributed by atoms with Gasteiger partial charge in [-0.05, 0) is 36.6 Å². The predicted octanol–water partition coefficient (Wildman–Crippen LogP) is 2.13. The SMILES string of the molecule is Cc1cc(CNc2cc(C(N)=O)c(N)cn2)cc(C)c1F.